The third-order valence-corrected chi connectivity index (χ3v) is 2.40. The van der Waals surface area contributed by atoms with Crippen LogP contribution in [0.25, 0.3) is 0 Å². The van der Waals surface area contributed by atoms with E-state index in [9.17, 15) is 14.4 Å². The second-order valence-electron chi connectivity index (χ2n) is 4.09. The van der Waals surface area contributed by atoms with E-state index in [-0.39, 0.29) is 26.1 Å². The summed E-state index contributed by atoms with van der Waals surface area (Å²) in [6.45, 7) is -0.252. The minimum absolute atomic E-state index is 0.0782. The standard InChI is InChI=1S/C13H18N4O4/c14-7-12(19)16-8-13(20)17-9-3-1-2-4-10(9)21-6-5-11(15)18/h1-4H,5-8,14H2,(H2,15,18)(H,16,19)(H,17,20). The molecule has 0 aromatic heterocycles. The minimum Gasteiger partial charge on any atom is -0.491 e. The van der Waals surface area contributed by atoms with Gasteiger partial charge in [-0.25, -0.2) is 0 Å². The lowest BCUT2D eigenvalue weighted by Crippen LogP contribution is -2.36. The molecule has 0 saturated carbocycles. The first kappa shape index (κ1) is 16.4. The number of nitrogens with two attached hydrogens (primary N) is 2. The molecular weight excluding hydrogens is 276 g/mol. The third-order valence-electron chi connectivity index (χ3n) is 2.40. The van der Waals surface area contributed by atoms with E-state index in [1.165, 1.54) is 0 Å². The van der Waals surface area contributed by atoms with Crippen molar-refractivity contribution in [2.45, 2.75) is 6.42 Å². The van der Waals surface area contributed by atoms with Crippen molar-refractivity contribution in [3.8, 4) is 5.75 Å². The number of hydrogen-bond donors (Lipinski definition) is 4. The summed E-state index contributed by atoms with van der Waals surface area (Å²) in [5.74, 6) is -0.892. The summed E-state index contributed by atoms with van der Waals surface area (Å²) >= 11 is 0. The van der Waals surface area contributed by atoms with Crippen LogP contribution in [0, 0.1) is 0 Å². The van der Waals surface area contributed by atoms with Crippen molar-refractivity contribution in [3.05, 3.63) is 24.3 Å². The first-order valence-corrected chi connectivity index (χ1v) is 6.29. The van der Waals surface area contributed by atoms with Crippen molar-refractivity contribution >= 4 is 23.4 Å². The molecule has 0 aliphatic carbocycles. The largest absolute Gasteiger partial charge is 0.491 e. The van der Waals surface area contributed by atoms with Gasteiger partial charge in [0.1, 0.15) is 5.75 Å². The first-order chi connectivity index (χ1) is 10.0. The Morgan fingerprint density at radius 2 is 1.86 bits per heavy atom. The van der Waals surface area contributed by atoms with Crippen LogP contribution in [0.5, 0.6) is 5.75 Å². The smallest absolute Gasteiger partial charge is 0.243 e. The van der Waals surface area contributed by atoms with Gasteiger partial charge >= 0.3 is 0 Å². The van der Waals surface area contributed by atoms with Gasteiger partial charge in [0.15, 0.2) is 0 Å². The number of benzene rings is 1. The van der Waals surface area contributed by atoms with Crippen LogP contribution in [-0.2, 0) is 14.4 Å². The molecule has 21 heavy (non-hydrogen) atoms. The van der Waals surface area contributed by atoms with Crippen LogP contribution < -0.4 is 26.8 Å². The van der Waals surface area contributed by atoms with Crippen molar-refractivity contribution in [2.75, 3.05) is 25.0 Å². The molecule has 1 aromatic carbocycles. The van der Waals surface area contributed by atoms with E-state index in [1.807, 2.05) is 0 Å². The average Bonchev–Trinajstić information content (AvgIpc) is 2.46. The number of ether oxygens (including phenoxy) is 1. The lowest BCUT2D eigenvalue weighted by molar-refractivity contribution is -0.123. The van der Waals surface area contributed by atoms with Crippen molar-refractivity contribution in [2.24, 2.45) is 11.5 Å². The number of carbonyl (C=O) groups is 3. The van der Waals surface area contributed by atoms with Gasteiger partial charge in [-0.3, -0.25) is 14.4 Å². The third kappa shape index (κ3) is 6.39. The first-order valence-electron chi connectivity index (χ1n) is 6.29. The number of rotatable bonds is 8. The molecule has 0 aliphatic heterocycles. The van der Waals surface area contributed by atoms with E-state index in [1.54, 1.807) is 24.3 Å². The Morgan fingerprint density at radius 3 is 2.52 bits per heavy atom. The summed E-state index contributed by atoms with van der Waals surface area (Å²) in [6.07, 6.45) is 0.0782. The molecule has 0 aliphatic rings. The molecular formula is C13H18N4O4. The highest BCUT2D eigenvalue weighted by atomic mass is 16.5. The zero-order valence-electron chi connectivity index (χ0n) is 11.4. The molecule has 0 saturated heterocycles. The number of hydrogen-bond acceptors (Lipinski definition) is 5. The summed E-state index contributed by atoms with van der Waals surface area (Å²) in [4.78, 5) is 33.3. The van der Waals surface area contributed by atoms with Gasteiger partial charge in [-0.05, 0) is 12.1 Å². The summed E-state index contributed by atoms with van der Waals surface area (Å²) in [5, 5.41) is 4.94. The number of amides is 3. The average molecular weight is 294 g/mol. The molecule has 8 heteroatoms. The van der Waals surface area contributed by atoms with E-state index in [0.29, 0.717) is 11.4 Å². The molecule has 1 rings (SSSR count). The lowest BCUT2D eigenvalue weighted by Gasteiger charge is -2.12. The Balaban J connectivity index is 2.55. The Hall–Kier alpha value is -2.61. The molecule has 3 amide bonds. The Bertz CT molecular complexity index is 519. The fourth-order valence-electron chi connectivity index (χ4n) is 1.40. The van der Waals surface area contributed by atoms with E-state index in [4.69, 9.17) is 16.2 Å². The molecule has 0 unspecified atom stereocenters. The highest BCUT2D eigenvalue weighted by molar-refractivity contribution is 5.95. The van der Waals surface area contributed by atoms with Crippen LogP contribution >= 0.6 is 0 Å². The summed E-state index contributed by atoms with van der Waals surface area (Å²) < 4.78 is 5.37. The predicted octanol–water partition coefficient (Wildman–Crippen LogP) is -1.05. The maximum Gasteiger partial charge on any atom is 0.243 e. The zero-order chi connectivity index (χ0) is 15.7. The molecule has 0 atom stereocenters. The van der Waals surface area contributed by atoms with E-state index in [0.717, 1.165) is 0 Å². The van der Waals surface area contributed by atoms with E-state index >= 15 is 0 Å². The highest BCUT2D eigenvalue weighted by Gasteiger charge is 2.09. The van der Waals surface area contributed by atoms with Crippen LogP contribution in [0.2, 0.25) is 0 Å². The Kier molecular flexibility index (Phi) is 6.69. The summed E-state index contributed by atoms with van der Waals surface area (Å²) in [7, 11) is 0. The van der Waals surface area contributed by atoms with Crippen LogP contribution in [-0.4, -0.2) is 37.4 Å². The minimum atomic E-state index is -0.471. The molecule has 6 N–H and O–H groups in total. The number of primary amides is 1. The van der Waals surface area contributed by atoms with Gasteiger partial charge in [0, 0.05) is 0 Å². The van der Waals surface area contributed by atoms with Crippen LogP contribution in [0.15, 0.2) is 24.3 Å². The molecule has 0 radical (unpaired) electrons. The normalized spacial score (nSPS) is 9.76. The fourth-order valence-corrected chi connectivity index (χ4v) is 1.40. The van der Waals surface area contributed by atoms with Crippen LogP contribution in [0.3, 0.4) is 0 Å². The number of anilines is 1. The van der Waals surface area contributed by atoms with Gasteiger partial charge in [-0.1, -0.05) is 12.1 Å². The van der Waals surface area contributed by atoms with E-state index < -0.39 is 17.7 Å². The Labute approximate surface area is 121 Å². The summed E-state index contributed by atoms with van der Waals surface area (Å²) in [5.41, 5.74) is 10.6. The van der Waals surface area contributed by atoms with Crippen LogP contribution in [0.4, 0.5) is 5.69 Å². The van der Waals surface area contributed by atoms with Gasteiger partial charge in [-0.2, -0.15) is 0 Å². The maximum atomic E-state index is 11.7. The monoisotopic (exact) mass is 294 g/mol. The van der Waals surface area contributed by atoms with Gasteiger partial charge in [0.25, 0.3) is 0 Å². The number of nitrogens with one attached hydrogen (secondary N) is 2. The molecule has 0 heterocycles. The SMILES string of the molecule is NCC(=O)NCC(=O)Nc1ccccc1OCCC(N)=O. The molecule has 0 fully saturated rings. The van der Waals surface area contributed by atoms with Gasteiger partial charge in [0.2, 0.25) is 17.7 Å². The van der Waals surface area contributed by atoms with E-state index in [2.05, 4.69) is 10.6 Å². The van der Waals surface area contributed by atoms with Gasteiger partial charge in [-0.15, -0.1) is 0 Å². The van der Waals surface area contributed by atoms with Crippen molar-refractivity contribution in [1.82, 2.24) is 5.32 Å². The summed E-state index contributed by atoms with van der Waals surface area (Å²) in [6, 6.07) is 6.73. The molecule has 114 valence electrons. The molecule has 0 spiro atoms. The molecule has 8 nitrogen and oxygen atoms in total. The van der Waals surface area contributed by atoms with Crippen molar-refractivity contribution in [3.63, 3.8) is 0 Å². The topological polar surface area (TPSA) is 137 Å². The van der Waals surface area contributed by atoms with Crippen molar-refractivity contribution < 1.29 is 19.1 Å². The lowest BCUT2D eigenvalue weighted by atomic mass is 10.3. The zero-order valence-corrected chi connectivity index (χ0v) is 11.4. The second kappa shape index (κ2) is 8.54. The van der Waals surface area contributed by atoms with Gasteiger partial charge < -0.3 is 26.8 Å². The van der Waals surface area contributed by atoms with Crippen LogP contribution in [0.1, 0.15) is 6.42 Å². The van der Waals surface area contributed by atoms with Crippen molar-refractivity contribution in [1.29, 1.82) is 0 Å². The number of para-hydroxylation sites is 2. The molecule has 1 aromatic rings. The maximum absolute atomic E-state index is 11.7. The highest BCUT2D eigenvalue weighted by Crippen LogP contribution is 2.23. The number of carbonyl (C=O) groups excluding carboxylic acids is 3. The van der Waals surface area contributed by atoms with Gasteiger partial charge in [0.05, 0.1) is 31.8 Å². The second-order valence-corrected chi connectivity index (χ2v) is 4.09. The quantitative estimate of drug-likeness (QED) is 0.485. The molecule has 0 bridgehead atoms. The predicted molar refractivity (Wildman–Crippen MR) is 76.4 cm³/mol. The Morgan fingerprint density at radius 1 is 1.14 bits per heavy atom. The fraction of sp³-hybridized carbons (Fsp3) is 0.308.